The number of aryl methyl sites for hydroxylation is 2. The van der Waals surface area contributed by atoms with Gasteiger partial charge in [-0.25, -0.2) is 0 Å². The van der Waals surface area contributed by atoms with Gasteiger partial charge in [-0.3, -0.25) is 9.59 Å². The van der Waals surface area contributed by atoms with Crippen LogP contribution in [0.2, 0.25) is 0 Å². The summed E-state index contributed by atoms with van der Waals surface area (Å²) < 4.78 is 0. The van der Waals surface area contributed by atoms with Crippen LogP contribution in [0.3, 0.4) is 0 Å². The van der Waals surface area contributed by atoms with Crippen molar-refractivity contribution < 1.29 is 9.59 Å². The van der Waals surface area contributed by atoms with Gasteiger partial charge in [-0.2, -0.15) is 0 Å². The van der Waals surface area contributed by atoms with Gasteiger partial charge in [-0.05, 0) is 37.1 Å². The number of rotatable bonds is 7. The molecule has 3 rings (SSSR count). The van der Waals surface area contributed by atoms with Crippen molar-refractivity contribution in [2.45, 2.75) is 32.7 Å². The first-order valence-electron chi connectivity index (χ1n) is 9.06. The van der Waals surface area contributed by atoms with E-state index in [1.807, 2.05) is 68.4 Å². The Morgan fingerprint density at radius 2 is 1.86 bits per heavy atom. The molecule has 0 unspecified atom stereocenters. The maximum Gasteiger partial charge on any atom is 0.286 e. The van der Waals surface area contributed by atoms with Gasteiger partial charge in [-0.15, -0.1) is 10.2 Å². The molecule has 3 aromatic rings. The van der Waals surface area contributed by atoms with Crippen molar-refractivity contribution in [2.75, 3.05) is 5.32 Å². The third-order valence-electron chi connectivity index (χ3n) is 4.18. The molecule has 2 aromatic carbocycles. The van der Waals surface area contributed by atoms with Crippen LogP contribution >= 0.6 is 11.3 Å². The lowest BCUT2D eigenvalue weighted by atomic mass is 10.1. The molecule has 28 heavy (non-hydrogen) atoms. The summed E-state index contributed by atoms with van der Waals surface area (Å²) in [7, 11) is 0. The second-order valence-electron chi connectivity index (χ2n) is 6.52. The molecule has 0 fully saturated rings. The van der Waals surface area contributed by atoms with Gasteiger partial charge in [0.25, 0.3) is 5.91 Å². The van der Waals surface area contributed by atoms with Crippen LogP contribution in [-0.2, 0) is 11.2 Å². The minimum Gasteiger partial charge on any atom is -0.350 e. The Morgan fingerprint density at radius 3 is 2.61 bits per heavy atom. The van der Waals surface area contributed by atoms with E-state index in [1.54, 1.807) is 0 Å². The van der Waals surface area contributed by atoms with Gasteiger partial charge in [0.05, 0.1) is 6.04 Å². The van der Waals surface area contributed by atoms with Crippen molar-refractivity contribution in [3.63, 3.8) is 0 Å². The van der Waals surface area contributed by atoms with E-state index in [1.165, 1.54) is 11.3 Å². The van der Waals surface area contributed by atoms with Crippen LogP contribution < -0.4 is 10.6 Å². The van der Waals surface area contributed by atoms with Gasteiger partial charge in [0.2, 0.25) is 10.9 Å². The van der Waals surface area contributed by atoms with Crippen LogP contribution in [0.4, 0.5) is 5.69 Å². The van der Waals surface area contributed by atoms with Crippen LogP contribution in [0.15, 0.2) is 54.6 Å². The Kier molecular flexibility index (Phi) is 6.49. The van der Waals surface area contributed by atoms with Gasteiger partial charge in [0, 0.05) is 18.5 Å². The Hall–Kier alpha value is -3.06. The molecule has 144 valence electrons. The molecule has 0 aliphatic rings. The molecule has 0 radical (unpaired) electrons. The zero-order chi connectivity index (χ0) is 19.9. The molecule has 0 bridgehead atoms. The highest BCUT2D eigenvalue weighted by Crippen LogP contribution is 2.16. The molecule has 2 N–H and O–H groups in total. The van der Waals surface area contributed by atoms with Crippen molar-refractivity contribution in [3.8, 4) is 0 Å². The first-order valence-corrected chi connectivity index (χ1v) is 9.87. The lowest BCUT2D eigenvalue weighted by Gasteiger charge is -2.13. The van der Waals surface area contributed by atoms with E-state index in [0.717, 1.165) is 16.8 Å². The summed E-state index contributed by atoms with van der Waals surface area (Å²) in [6, 6.07) is 17.3. The van der Waals surface area contributed by atoms with E-state index < -0.39 is 0 Å². The summed E-state index contributed by atoms with van der Waals surface area (Å²) in [4.78, 5) is 24.5. The quantitative estimate of drug-likeness (QED) is 0.636. The predicted octanol–water partition coefficient (Wildman–Crippen LogP) is 3.91. The molecule has 2 amide bonds. The first-order chi connectivity index (χ1) is 13.5. The summed E-state index contributed by atoms with van der Waals surface area (Å²) in [6.45, 7) is 3.91. The maximum absolute atomic E-state index is 12.3. The zero-order valence-electron chi connectivity index (χ0n) is 15.8. The summed E-state index contributed by atoms with van der Waals surface area (Å²) >= 11 is 1.21. The smallest absolute Gasteiger partial charge is 0.286 e. The first kappa shape index (κ1) is 19.7. The average molecular weight is 395 g/mol. The molecule has 1 aromatic heterocycles. The van der Waals surface area contributed by atoms with Crippen molar-refractivity contribution >= 4 is 28.8 Å². The van der Waals surface area contributed by atoms with Crippen LogP contribution in [-0.4, -0.2) is 22.0 Å². The summed E-state index contributed by atoms with van der Waals surface area (Å²) in [5.74, 6) is -0.353. The highest BCUT2D eigenvalue weighted by molar-refractivity contribution is 7.13. The average Bonchev–Trinajstić information content (AvgIpc) is 3.16. The number of carbonyl (C=O) groups is 2. The molecule has 0 spiro atoms. The predicted molar refractivity (Wildman–Crippen MR) is 110 cm³/mol. The Morgan fingerprint density at radius 1 is 1.07 bits per heavy atom. The lowest BCUT2D eigenvalue weighted by molar-refractivity contribution is -0.121. The topological polar surface area (TPSA) is 84.0 Å². The lowest BCUT2D eigenvalue weighted by Crippen LogP contribution is -2.26. The third-order valence-corrected chi connectivity index (χ3v) is 5.16. The van der Waals surface area contributed by atoms with Gasteiger partial charge >= 0.3 is 0 Å². The normalized spacial score (nSPS) is 11.6. The molecule has 0 aliphatic heterocycles. The number of amides is 2. The number of nitrogens with zero attached hydrogens (tertiary/aromatic N) is 2. The molecule has 0 aliphatic carbocycles. The number of nitrogens with one attached hydrogen (secondary N) is 2. The van der Waals surface area contributed by atoms with Crippen LogP contribution in [0.5, 0.6) is 0 Å². The highest BCUT2D eigenvalue weighted by atomic mass is 32.1. The van der Waals surface area contributed by atoms with Gasteiger partial charge < -0.3 is 10.6 Å². The molecule has 1 atom stereocenters. The third kappa shape index (κ3) is 5.47. The SMILES string of the molecule is Cc1cccc(NC(=O)c2nnc(CCC(=O)N[C@H](C)c3ccccc3)s2)c1. The van der Waals surface area contributed by atoms with Crippen molar-refractivity contribution in [1.29, 1.82) is 0 Å². The van der Waals surface area contributed by atoms with Crippen molar-refractivity contribution in [2.24, 2.45) is 0 Å². The van der Waals surface area contributed by atoms with E-state index in [9.17, 15) is 9.59 Å². The summed E-state index contributed by atoms with van der Waals surface area (Å²) in [5, 5.41) is 14.7. The van der Waals surface area contributed by atoms with Gasteiger partial charge in [0.15, 0.2) is 0 Å². The van der Waals surface area contributed by atoms with Crippen molar-refractivity contribution in [1.82, 2.24) is 15.5 Å². The van der Waals surface area contributed by atoms with E-state index >= 15 is 0 Å². The van der Waals surface area contributed by atoms with Crippen molar-refractivity contribution in [3.05, 3.63) is 75.7 Å². The molecule has 6 nitrogen and oxygen atoms in total. The Balaban J connectivity index is 1.50. The second kappa shape index (κ2) is 9.23. The largest absolute Gasteiger partial charge is 0.350 e. The highest BCUT2D eigenvalue weighted by Gasteiger charge is 2.15. The zero-order valence-corrected chi connectivity index (χ0v) is 16.6. The minimum atomic E-state index is -0.295. The molecule has 7 heteroatoms. The van der Waals surface area contributed by atoms with Crippen LogP contribution in [0.25, 0.3) is 0 Å². The fourth-order valence-electron chi connectivity index (χ4n) is 2.71. The molecular formula is C21H22N4O2S. The Labute approximate surface area is 168 Å². The van der Waals surface area contributed by atoms with E-state index in [-0.39, 0.29) is 22.9 Å². The number of benzene rings is 2. The number of hydrogen-bond acceptors (Lipinski definition) is 5. The van der Waals surface area contributed by atoms with Gasteiger partial charge in [0.1, 0.15) is 5.01 Å². The van der Waals surface area contributed by atoms with E-state index in [2.05, 4.69) is 20.8 Å². The molecular weight excluding hydrogens is 372 g/mol. The number of hydrogen-bond donors (Lipinski definition) is 2. The Bertz CT molecular complexity index is 956. The fourth-order valence-corrected chi connectivity index (χ4v) is 3.45. The van der Waals surface area contributed by atoms with E-state index in [4.69, 9.17) is 0 Å². The minimum absolute atomic E-state index is 0.0567. The fraction of sp³-hybridized carbons (Fsp3) is 0.238. The molecule has 0 saturated heterocycles. The summed E-state index contributed by atoms with van der Waals surface area (Å²) in [5.41, 5.74) is 2.84. The van der Waals surface area contributed by atoms with Crippen LogP contribution in [0.1, 0.15) is 45.3 Å². The summed E-state index contributed by atoms with van der Waals surface area (Å²) in [6.07, 6.45) is 0.744. The number of anilines is 1. The number of aromatic nitrogens is 2. The second-order valence-corrected chi connectivity index (χ2v) is 7.59. The van der Waals surface area contributed by atoms with E-state index in [0.29, 0.717) is 17.8 Å². The van der Waals surface area contributed by atoms with Gasteiger partial charge in [-0.1, -0.05) is 53.8 Å². The standard InChI is InChI=1S/C21H22N4O2S/c1-14-7-6-10-17(13-14)23-20(27)21-25-24-19(28-21)12-11-18(26)22-15(2)16-8-4-3-5-9-16/h3-10,13,15H,11-12H2,1-2H3,(H,22,26)(H,23,27)/t15-/m1/s1. The maximum atomic E-state index is 12.3. The number of carbonyl (C=O) groups excluding carboxylic acids is 2. The monoisotopic (exact) mass is 394 g/mol. The van der Waals surface area contributed by atoms with Crippen LogP contribution in [0, 0.1) is 6.92 Å². The molecule has 1 heterocycles. The molecule has 0 saturated carbocycles.